The molecule has 3 aromatic rings. The summed E-state index contributed by atoms with van der Waals surface area (Å²) < 4.78 is 5.48. The van der Waals surface area contributed by atoms with E-state index in [0.29, 0.717) is 12.5 Å². The molecule has 2 unspecified atom stereocenters. The normalized spacial score (nSPS) is 21.2. The minimum absolute atomic E-state index is 0.635. The number of anilines is 2. The zero-order valence-corrected chi connectivity index (χ0v) is 21.1. The van der Waals surface area contributed by atoms with E-state index >= 15 is 0 Å². The number of nitrogens with zero attached hydrogens (tertiary/aromatic N) is 4. The fraction of sp³-hybridized carbons (Fsp3) is 0.333. The predicted molar refractivity (Wildman–Crippen MR) is 145 cm³/mol. The Hall–Kier alpha value is -3.64. The number of rotatable bonds is 6. The molecule has 2 fully saturated rings. The van der Waals surface area contributed by atoms with Crippen LogP contribution in [0.4, 0.5) is 11.8 Å². The molecule has 0 spiro atoms. The molecule has 2 aliphatic heterocycles. The second kappa shape index (κ2) is 9.43. The van der Waals surface area contributed by atoms with E-state index in [2.05, 4.69) is 71.3 Å². The average molecular weight is 480 g/mol. The summed E-state index contributed by atoms with van der Waals surface area (Å²) in [5.41, 5.74) is 10.0. The first-order valence-electron chi connectivity index (χ1n) is 12.8. The van der Waals surface area contributed by atoms with Crippen LogP contribution in [0.15, 0.2) is 67.0 Å². The van der Waals surface area contributed by atoms with E-state index in [0.717, 1.165) is 58.9 Å². The second-order valence-corrected chi connectivity index (χ2v) is 10.2. The Kier molecular flexibility index (Phi) is 5.97. The van der Waals surface area contributed by atoms with Crippen LogP contribution in [0.25, 0.3) is 11.6 Å². The van der Waals surface area contributed by atoms with Gasteiger partial charge in [0.05, 0.1) is 7.11 Å². The summed E-state index contributed by atoms with van der Waals surface area (Å²) in [6.45, 7) is 9.46. The van der Waals surface area contributed by atoms with Crippen molar-refractivity contribution in [2.45, 2.75) is 32.7 Å². The van der Waals surface area contributed by atoms with Crippen LogP contribution in [0, 0.1) is 18.8 Å². The molecular formula is C30H33N5O. The molecule has 1 N–H and O–H groups in total. The van der Waals surface area contributed by atoms with Crippen LogP contribution < -0.4 is 15.1 Å². The maximum Gasteiger partial charge on any atom is 0.239 e. The summed E-state index contributed by atoms with van der Waals surface area (Å²) in [5.74, 6) is 3.97. The summed E-state index contributed by atoms with van der Waals surface area (Å²) >= 11 is 0. The van der Waals surface area contributed by atoms with Crippen molar-refractivity contribution in [1.82, 2.24) is 15.0 Å². The van der Waals surface area contributed by atoms with Crippen LogP contribution in [-0.2, 0) is 6.54 Å². The number of hydrazine groups is 1. The topological polar surface area (TPSA) is 53.5 Å². The van der Waals surface area contributed by atoms with Gasteiger partial charge in [0.15, 0.2) is 0 Å². The quantitative estimate of drug-likeness (QED) is 0.473. The van der Waals surface area contributed by atoms with Gasteiger partial charge >= 0.3 is 0 Å². The zero-order chi connectivity index (χ0) is 24.6. The lowest BCUT2D eigenvalue weighted by Crippen LogP contribution is -2.31. The third-order valence-corrected chi connectivity index (χ3v) is 7.88. The monoisotopic (exact) mass is 479 g/mol. The first kappa shape index (κ1) is 22.8. The van der Waals surface area contributed by atoms with E-state index in [4.69, 9.17) is 14.7 Å². The van der Waals surface area contributed by atoms with E-state index < -0.39 is 0 Å². The second-order valence-electron chi connectivity index (χ2n) is 10.2. The molecule has 1 aromatic heterocycles. The van der Waals surface area contributed by atoms with Crippen molar-refractivity contribution in [1.29, 1.82) is 0 Å². The van der Waals surface area contributed by atoms with Crippen molar-refractivity contribution in [2.24, 2.45) is 11.8 Å². The molecule has 2 atom stereocenters. The van der Waals surface area contributed by atoms with Crippen molar-refractivity contribution in [3.63, 3.8) is 0 Å². The van der Waals surface area contributed by atoms with Crippen LogP contribution in [0.1, 0.15) is 41.5 Å². The fourth-order valence-electron chi connectivity index (χ4n) is 5.97. The Morgan fingerprint density at radius 3 is 2.67 bits per heavy atom. The van der Waals surface area contributed by atoms with E-state index in [1.54, 1.807) is 7.11 Å². The van der Waals surface area contributed by atoms with Gasteiger partial charge in [-0.3, -0.25) is 5.43 Å². The van der Waals surface area contributed by atoms with Gasteiger partial charge in [0, 0.05) is 42.7 Å². The molecule has 6 nitrogen and oxygen atoms in total. The number of aryl methyl sites for hydroxylation is 1. The molecule has 3 heterocycles. The van der Waals surface area contributed by atoms with Crippen molar-refractivity contribution in [3.8, 4) is 5.75 Å². The zero-order valence-electron chi connectivity index (χ0n) is 21.1. The van der Waals surface area contributed by atoms with Gasteiger partial charge in [-0.1, -0.05) is 49.4 Å². The largest absolute Gasteiger partial charge is 0.497 e. The maximum absolute atomic E-state index is 5.48. The molecule has 6 heteroatoms. The van der Waals surface area contributed by atoms with E-state index in [-0.39, 0.29) is 0 Å². The van der Waals surface area contributed by atoms with Crippen LogP contribution in [-0.4, -0.2) is 35.2 Å². The summed E-state index contributed by atoms with van der Waals surface area (Å²) in [5, 5.41) is 2.30. The summed E-state index contributed by atoms with van der Waals surface area (Å²) in [6.07, 6.45) is 8.16. The van der Waals surface area contributed by atoms with Crippen LogP contribution in [0.3, 0.4) is 0 Å². The number of aromatic nitrogens is 2. The fourth-order valence-corrected chi connectivity index (χ4v) is 5.97. The highest BCUT2D eigenvalue weighted by Crippen LogP contribution is 2.41. The number of fused-ring (bicyclic) bond motifs is 2. The van der Waals surface area contributed by atoms with Crippen molar-refractivity contribution in [2.75, 3.05) is 30.5 Å². The Morgan fingerprint density at radius 1 is 1.08 bits per heavy atom. The van der Waals surface area contributed by atoms with Gasteiger partial charge in [-0.25, -0.2) is 9.99 Å². The minimum Gasteiger partial charge on any atom is -0.497 e. The van der Waals surface area contributed by atoms with E-state index in [9.17, 15) is 0 Å². The highest BCUT2D eigenvalue weighted by Gasteiger charge is 2.36. The molecule has 0 amide bonds. The predicted octanol–water partition coefficient (Wildman–Crippen LogP) is 5.93. The molecule has 0 radical (unpaired) electrons. The number of hydrogen-bond donors (Lipinski definition) is 1. The van der Waals surface area contributed by atoms with Gasteiger partial charge in [0.25, 0.3) is 0 Å². The number of benzene rings is 2. The number of hydrogen-bond acceptors (Lipinski definition) is 6. The first-order chi connectivity index (χ1) is 17.6. The molecule has 0 bridgehead atoms. The van der Waals surface area contributed by atoms with Crippen LogP contribution in [0.2, 0.25) is 0 Å². The standard InChI is InChI=1S/C30H33N5O/c1-20-8-4-5-13-27(20)28-15-25-16-31-30(33-34-18-23-10-7-11-24(23)19-34)32-29(25)35(21(28)2)17-22-9-6-12-26(14-22)36-3/h4-6,8-9,12-16,23-24H,2,7,10-11,17-19H2,1,3H3,(H,31,32,33). The third-order valence-electron chi connectivity index (χ3n) is 7.88. The lowest BCUT2D eigenvalue weighted by molar-refractivity contribution is 0.369. The molecule has 6 rings (SSSR count). The molecule has 184 valence electrons. The van der Waals surface area contributed by atoms with Gasteiger partial charge in [-0.05, 0) is 66.5 Å². The maximum atomic E-state index is 5.48. The van der Waals surface area contributed by atoms with Crippen molar-refractivity contribution >= 4 is 23.4 Å². The van der Waals surface area contributed by atoms with E-state index in [1.165, 1.54) is 30.4 Å². The molecule has 3 aliphatic rings. The lowest BCUT2D eigenvalue weighted by atomic mass is 9.93. The van der Waals surface area contributed by atoms with Gasteiger partial charge in [-0.15, -0.1) is 0 Å². The van der Waals surface area contributed by atoms with Gasteiger partial charge in [0.1, 0.15) is 11.6 Å². The van der Waals surface area contributed by atoms with Crippen LogP contribution in [0.5, 0.6) is 5.75 Å². The average Bonchev–Trinajstić information content (AvgIpc) is 3.48. The number of nitrogens with one attached hydrogen (secondary N) is 1. The Bertz CT molecular complexity index is 1320. The van der Waals surface area contributed by atoms with Crippen LogP contribution >= 0.6 is 0 Å². The van der Waals surface area contributed by atoms with Gasteiger partial charge < -0.3 is 9.64 Å². The van der Waals surface area contributed by atoms with E-state index in [1.807, 2.05) is 18.3 Å². The molecular weight excluding hydrogens is 446 g/mol. The van der Waals surface area contributed by atoms with Gasteiger partial charge in [-0.2, -0.15) is 4.98 Å². The number of ether oxygens (including phenoxy) is 1. The van der Waals surface area contributed by atoms with Crippen molar-refractivity contribution < 1.29 is 4.74 Å². The smallest absolute Gasteiger partial charge is 0.239 e. The van der Waals surface area contributed by atoms with Crippen molar-refractivity contribution in [3.05, 3.63) is 89.3 Å². The Morgan fingerprint density at radius 2 is 1.89 bits per heavy atom. The minimum atomic E-state index is 0.635. The first-order valence-corrected chi connectivity index (χ1v) is 12.8. The molecule has 2 aromatic carbocycles. The Labute approximate surface area is 213 Å². The summed E-state index contributed by atoms with van der Waals surface area (Å²) in [7, 11) is 1.70. The molecule has 1 saturated heterocycles. The highest BCUT2D eigenvalue weighted by molar-refractivity contribution is 5.99. The molecule has 1 aliphatic carbocycles. The lowest BCUT2D eigenvalue weighted by Gasteiger charge is -2.33. The van der Waals surface area contributed by atoms with Gasteiger partial charge in [0.2, 0.25) is 5.95 Å². The SMILES string of the molecule is C=C1C(c2ccccc2C)=Cc2cnc(NN3CC4CCCC4C3)nc2N1Cc1cccc(OC)c1. The highest BCUT2D eigenvalue weighted by atomic mass is 16.5. The summed E-state index contributed by atoms with van der Waals surface area (Å²) in [6, 6.07) is 16.6. The third kappa shape index (κ3) is 4.26. The summed E-state index contributed by atoms with van der Waals surface area (Å²) in [4.78, 5) is 11.9. The number of allylic oxidation sites excluding steroid dienone is 1. The Balaban J connectivity index is 1.36. The molecule has 36 heavy (non-hydrogen) atoms. The molecule has 1 saturated carbocycles. The number of methoxy groups -OCH3 is 1.